The molecule has 1 fully saturated rings. The fraction of sp³-hybridized carbons (Fsp3) is 0.474. The molecule has 0 saturated carbocycles. The Morgan fingerprint density at radius 1 is 1.30 bits per heavy atom. The summed E-state index contributed by atoms with van der Waals surface area (Å²) in [6, 6.07) is 7.42. The predicted octanol–water partition coefficient (Wildman–Crippen LogP) is 2.32. The fourth-order valence-electron chi connectivity index (χ4n) is 3.74. The van der Waals surface area contributed by atoms with Crippen LogP contribution in [0.25, 0.3) is 16.7 Å². The minimum Gasteiger partial charge on any atom is -0.341 e. The second-order valence-corrected chi connectivity index (χ2v) is 8.60. The number of hydrogen-bond acceptors (Lipinski definition) is 5. The van der Waals surface area contributed by atoms with Gasteiger partial charge in [-0.3, -0.25) is 18.6 Å². The molecule has 2 unspecified atom stereocenters. The Kier molecular flexibility index (Phi) is 4.67. The number of likely N-dealkylation sites (tertiary alicyclic amines) is 1. The number of carbonyl (C=O) groups excluding carboxylic acids is 1. The number of benzene rings is 1. The summed E-state index contributed by atoms with van der Waals surface area (Å²) in [5.74, 6) is 1.16. The van der Waals surface area contributed by atoms with Crippen LogP contribution in [0.1, 0.15) is 26.7 Å². The first-order valence-corrected chi connectivity index (χ1v) is 10.1. The van der Waals surface area contributed by atoms with Crippen molar-refractivity contribution in [3.8, 4) is 0 Å². The number of aryl methyl sites for hydroxylation is 1. The summed E-state index contributed by atoms with van der Waals surface area (Å²) in [6.07, 6.45) is 2.24. The molecule has 1 aromatic carbocycles. The summed E-state index contributed by atoms with van der Waals surface area (Å²) < 4.78 is 3.36. The maximum absolute atomic E-state index is 12.9. The van der Waals surface area contributed by atoms with E-state index in [-0.39, 0.29) is 16.7 Å². The van der Waals surface area contributed by atoms with Gasteiger partial charge in [0, 0.05) is 20.1 Å². The number of fused-ring (bicyclic) bond motifs is 3. The maximum atomic E-state index is 12.9. The normalized spacial score (nSPS) is 18.9. The van der Waals surface area contributed by atoms with Crippen molar-refractivity contribution in [2.45, 2.75) is 37.1 Å². The average Bonchev–Trinajstić information content (AvgIpc) is 3.09. The van der Waals surface area contributed by atoms with Gasteiger partial charge < -0.3 is 4.90 Å². The van der Waals surface area contributed by atoms with E-state index < -0.39 is 0 Å². The molecule has 142 valence electrons. The molecule has 3 aromatic rings. The number of piperidine rings is 1. The molecule has 1 amide bonds. The van der Waals surface area contributed by atoms with Crippen LogP contribution in [0.4, 0.5) is 0 Å². The molecular formula is C19H23N5O2S. The van der Waals surface area contributed by atoms with E-state index in [2.05, 4.69) is 17.1 Å². The number of amides is 1. The number of hydrogen-bond donors (Lipinski definition) is 0. The van der Waals surface area contributed by atoms with Gasteiger partial charge in [-0.25, -0.2) is 0 Å². The van der Waals surface area contributed by atoms with E-state index in [1.807, 2.05) is 34.4 Å². The second kappa shape index (κ2) is 6.99. The van der Waals surface area contributed by atoms with Crippen LogP contribution in [-0.4, -0.2) is 48.3 Å². The Balaban J connectivity index is 1.70. The van der Waals surface area contributed by atoms with Gasteiger partial charge in [-0.15, -0.1) is 10.2 Å². The molecule has 2 atom stereocenters. The van der Waals surface area contributed by atoms with Crippen molar-refractivity contribution in [3.63, 3.8) is 0 Å². The van der Waals surface area contributed by atoms with E-state index in [0.717, 1.165) is 25.0 Å². The van der Waals surface area contributed by atoms with E-state index in [9.17, 15) is 9.59 Å². The lowest BCUT2D eigenvalue weighted by molar-refractivity contribution is -0.131. The van der Waals surface area contributed by atoms with Crippen molar-refractivity contribution >= 4 is 34.3 Å². The van der Waals surface area contributed by atoms with Crippen LogP contribution in [0.3, 0.4) is 0 Å². The quantitative estimate of drug-likeness (QED) is 0.647. The van der Waals surface area contributed by atoms with Crippen LogP contribution >= 0.6 is 11.8 Å². The molecule has 4 rings (SSSR count). The van der Waals surface area contributed by atoms with Gasteiger partial charge in [0.1, 0.15) is 0 Å². The molecule has 0 aliphatic carbocycles. The summed E-state index contributed by atoms with van der Waals surface area (Å²) in [6.45, 7) is 5.75. The van der Waals surface area contributed by atoms with Crippen LogP contribution in [0.15, 0.2) is 34.2 Å². The van der Waals surface area contributed by atoms with Crippen LogP contribution in [0.5, 0.6) is 0 Å². The largest absolute Gasteiger partial charge is 0.341 e. The first-order valence-electron chi connectivity index (χ1n) is 9.25. The third-order valence-electron chi connectivity index (χ3n) is 5.19. The van der Waals surface area contributed by atoms with Crippen molar-refractivity contribution in [3.05, 3.63) is 34.6 Å². The zero-order valence-corrected chi connectivity index (χ0v) is 16.6. The van der Waals surface area contributed by atoms with Crippen LogP contribution in [0.2, 0.25) is 0 Å². The first-order chi connectivity index (χ1) is 13.0. The van der Waals surface area contributed by atoms with E-state index in [4.69, 9.17) is 0 Å². The topological polar surface area (TPSA) is 72.5 Å². The van der Waals surface area contributed by atoms with Gasteiger partial charge in [-0.05, 0) is 37.8 Å². The average molecular weight is 385 g/mol. The Hall–Kier alpha value is -2.35. The third-order valence-corrected chi connectivity index (χ3v) is 6.23. The molecule has 7 nitrogen and oxygen atoms in total. The number of para-hydroxylation sites is 1. The minimum atomic E-state index is -0.265. The van der Waals surface area contributed by atoms with Gasteiger partial charge in [0.2, 0.25) is 11.7 Å². The van der Waals surface area contributed by atoms with Crippen molar-refractivity contribution in [1.82, 2.24) is 24.1 Å². The lowest BCUT2D eigenvalue weighted by Crippen LogP contribution is -2.42. The smallest absolute Gasteiger partial charge is 0.262 e. The molecule has 3 heterocycles. The number of thioether (sulfide) groups is 1. The molecular weight excluding hydrogens is 362 g/mol. The first kappa shape index (κ1) is 18.0. The SMILES string of the molecule is CC1CCCN(C(=O)C(C)Sc2nnc3n(C)c(=O)c4ccccc4n23)C1. The molecule has 2 aromatic heterocycles. The minimum absolute atomic E-state index is 0.103. The monoisotopic (exact) mass is 385 g/mol. The number of rotatable bonds is 3. The zero-order chi connectivity index (χ0) is 19.1. The Bertz CT molecular complexity index is 1070. The predicted molar refractivity (Wildman–Crippen MR) is 106 cm³/mol. The van der Waals surface area contributed by atoms with E-state index in [1.165, 1.54) is 22.7 Å². The molecule has 8 heteroatoms. The standard InChI is InChI=1S/C19H23N5O2S/c1-12-7-6-10-23(11-12)16(25)13(2)27-19-21-20-18-22(3)17(26)14-8-4-5-9-15(14)24(18)19/h4-5,8-9,12-13H,6-7,10-11H2,1-3H3. The van der Waals surface area contributed by atoms with Crippen molar-refractivity contribution in [1.29, 1.82) is 0 Å². The summed E-state index contributed by atoms with van der Waals surface area (Å²) in [5.41, 5.74) is 0.655. The lowest BCUT2D eigenvalue weighted by atomic mass is 10.0. The second-order valence-electron chi connectivity index (χ2n) is 7.29. The van der Waals surface area contributed by atoms with E-state index in [0.29, 0.717) is 22.2 Å². The highest BCUT2D eigenvalue weighted by molar-refractivity contribution is 8.00. The third kappa shape index (κ3) is 3.12. The van der Waals surface area contributed by atoms with Crippen molar-refractivity contribution < 1.29 is 4.79 Å². The van der Waals surface area contributed by atoms with E-state index in [1.54, 1.807) is 13.1 Å². The molecule has 1 saturated heterocycles. The Labute approximate surface area is 161 Å². The van der Waals surface area contributed by atoms with Crippen LogP contribution < -0.4 is 5.56 Å². The van der Waals surface area contributed by atoms with Gasteiger partial charge in [-0.1, -0.05) is 30.8 Å². The highest BCUT2D eigenvalue weighted by atomic mass is 32.2. The lowest BCUT2D eigenvalue weighted by Gasteiger charge is -2.32. The molecule has 0 N–H and O–H groups in total. The van der Waals surface area contributed by atoms with Crippen LogP contribution in [0, 0.1) is 5.92 Å². The molecule has 0 spiro atoms. The van der Waals surface area contributed by atoms with Gasteiger partial charge >= 0.3 is 0 Å². The Morgan fingerprint density at radius 2 is 2.07 bits per heavy atom. The van der Waals surface area contributed by atoms with Gasteiger partial charge in [0.15, 0.2) is 5.16 Å². The molecule has 0 bridgehead atoms. The number of carbonyl (C=O) groups is 1. The highest BCUT2D eigenvalue weighted by Crippen LogP contribution is 2.27. The number of nitrogens with zero attached hydrogens (tertiary/aromatic N) is 5. The van der Waals surface area contributed by atoms with Crippen molar-refractivity contribution in [2.24, 2.45) is 13.0 Å². The highest BCUT2D eigenvalue weighted by Gasteiger charge is 2.27. The van der Waals surface area contributed by atoms with Gasteiger partial charge in [-0.2, -0.15) is 0 Å². The zero-order valence-electron chi connectivity index (χ0n) is 15.8. The van der Waals surface area contributed by atoms with Crippen molar-refractivity contribution in [2.75, 3.05) is 13.1 Å². The molecule has 0 radical (unpaired) electrons. The molecule has 1 aliphatic rings. The number of aromatic nitrogens is 4. The molecule has 1 aliphatic heterocycles. The van der Waals surface area contributed by atoms with Gasteiger partial charge in [0.25, 0.3) is 5.56 Å². The van der Waals surface area contributed by atoms with E-state index >= 15 is 0 Å². The Morgan fingerprint density at radius 3 is 2.85 bits per heavy atom. The summed E-state index contributed by atoms with van der Waals surface area (Å²) in [7, 11) is 1.69. The summed E-state index contributed by atoms with van der Waals surface area (Å²) in [5, 5.41) is 9.44. The molecule has 27 heavy (non-hydrogen) atoms. The summed E-state index contributed by atoms with van der Waals surface area (Å²) >= 11 is 1.39. The van der Waals surface area contributed by atoms with Crippen LogP contribution in [-0.2, 0) is 11.8 Å². The van der Waals surface area contributed by atoms with Gasteiger partial charge in [0.05, 0.1) is 16.2 Å². The maximum Gasteiger partial charge on any atom is 0.262 e. The summed E-state index contributed by atoms with van der Waals surface area (Å²) in [4.78, 5) is 27.4. The fourth-order valence-corrected chi connectivity index (χ4v) is 4.68.